The Bertz CT molecular complexity index is 464. The van der Waals surface area contributed by atoms with Gasteiger partial charge in [0.15, 0.2) is 23.3 Å². The molecule has 0 bridgehead atoms. The van der Waals surface area contributed by atoms with Gasteiger partial charge in [-0.25, -0.2) is 22.0 Å². The summed E-state index contributed by atoms with van der Waals surface area (Å²) in [6.07, 6.45) is 1.66. The molecule has 1 saturated carbocycles. The number of methoxy groups -OCH3 is 1. The van der Waals surface area contributed by atoms with Crippen LogP contribution in [-0.4, -0.2) is 19.3 Å². The van der Waals surface area contributed by atoms with Crippen molar-refractivity contribution in [1.29, 1.82) is 0 Å². The van der Waals surface area contributed by atoms with E-state index in [9.17, 15) is 22.0 Å². The second-order valence-corrected chi connectivity index (χ2v) is 4.40. The molecule has 2 atom stereocenters. The molecule has 1 fully saturated rings. The molecule has 0 amide bonds. The lowest BCUT2D eigenvalue weighted by Crippen LogP contribution is -2.31. The zero-order valence-corrected chi connectivity index (χ0v) is 10.1. The summed E-state index contributed by atoms with van der Waals surface area (Å²) in [4.78, 5) is 0. The van der Waals surface area contributed by atoms with Crippen LogP contribution in [-0.2, 0) is 4.74 Å². The largest absolute Gasteiger partial charge is 0.379 e. The highest BCUT2D eigenvalue weighted by molar-refractivity contribution is 5.49. The number of hydrogen-bond acceptors (Lipinski definition) is 2. The fraction of sp³-hybridized carbons (Fsp3) is 0.500. The lowest BCUT2D eigenvalue weighted by molar-refractivity contribution is 0.101. The fourth-order valence-corrected chi connectivity index (χ4v) is 2.29. The van der Waals surface area contributed by atoms with Crippen molar-refractivity contribution in [2.45, 2.75) is 31.4 Å². The molecule has 2 rings (SSSR count). The summed E-state index contributed by atoms with van der Waals surface area (Å²) < 4.78 is 70.9. The Morgan fingerprint density at radius 1 is 0.895 bits per heavy atom. The first-order valence-electron chi connectivity index (χ1n) is 5.78. The molecule has 106 valence electrons. The van der Waals surface area contributed by atoms with E-state index in [1.54, 1.807) is 0 Å². The van der Waals surface area contributed by atoms with E-state index in [0.29, 0.717) is 12.8 Å². The quantitative estimate of drug-likeness (QED) is 0.521. The summed E-state index contributed by atoms with van der Waals surface area (Å²) in [5.41, 5.74) is -0.995. The van der Waals surface area contributed by atoms with Crippen LogP contribution in [0.3, 0.4) is 0 Å². The molecule has 2 unspecified atom stereocenters. The molecule has 0 saturated heterocycles. The SMILES string of the molecule is COC1CCCC1Nc1c(F)c(F)c(F)c(F)c1F. The minimum atomic E-state index is -2.16. The van der Waals surface area contributed by atoms with Crippen LogP contribution in [0.25, 0.3) is 0 Å². The van der Waals surface area contributed by atoms with Gasteiger partial charge < -0.3 is 10.1 Å². The van der Waals surface area contributed by atoms with Gasteiger partial charge in [-0.15, -0.1) is 0 Å². The predicted octanol–water partition coefficient (Wildman–Crippen LogP) is 3.36. The number of rotatable bonds is 3. The van der Waals surface area contributed by atoms with Gasteiger partial charge in [-0.3, -0.25) is 0 Å². The number of hydrogen-bond donors (Lipinski definition) is 1. The monoisotopic (exact) mass is 281 g/mol. The first-order chi connectivity index (χ1) is 8.97. The number of benzene rings is 1. The molecular weight excluding hydrogens is 269 g/mol. The maximum Gasteiger partial charge on any atom is 0.200 e. The fourth-order valence-electron chi connectivity index (χ4n) is 2.29. The summed E-state index contributed by atoms with van der Waals surface area (Å²) in [6.45, 7) is 0. The minimum Gasteiger partial charge on any atom is -0.379 e. The zero-order chi connectivity index (χ0) is 14.2. The maximum atomic E-state index is 13.5. The summed E-state index contributed by atoms with van der Waals surface area (Å²) in [5.74, 6) is -9.76. The van der Waals surface area contributed by atoms with E-state index >= 15 is 0 Å². The third-order valence-corrected chi connectivity index (χ3v) is 3.29. The van der Waals surface area contributed by atoms with Crippen molar-refractivity contribution in [1.82, 2.24) is 0 Å². The van der Waals surface area contributed by atoms with E-state index in [2.05, 4.69) is 5.32 Å². The van der Waals surface area contributed by atoms with Crippen LogP contribution < -0.4 is 5.32 Å². The molecule has 0 aliphatic heterocycles. The Kier molecular flexibility index (Phi) is 3.93. The number of halogens is 5. The average Bonchev–Trinajstić information content (AvgIpc) is 2.86. The van der Waals surface area contributed by atoms with Crippen LogP contribution >= 0.6 is 0 Å². The van der Waals surface area contributed by atoms with Crippen LogP contribution in [0.1, 0.15) is 19.3 Å². The molecule has 1 N–H and O–H groups in total. The topological polar surface area (TPSA) is 21.3 Å². The Morgan fingerprint density at radius 2 is 1.42 bits per heavy atom. The Morgan fingerprint density at radius 3 is 1.95 bits per heavy atom. The van der Waals surface area contributed by atoms with Gasteiger partial charge in [0.05, 0.1) is 12.1 Å². The molecule has 0 radical (unpaired) electrons. The Labute approximate surface area is 106 Å². The van der Waals surface area contributed by atoms with E-state index < -0.39 is 40.8 Å². The molecule has 1 aliphatic rings. The van der Waals surface area contributed by atoms with Crippen molar-refractivity contribution < 1.29 is 26.7 Å². The summed E-state index contributed by atoms with van der Waals surface area (Å²) >= 11 is 0. The van der Waals surface area contributed by atoms with E-state index in [4.69, 9.17) is 4.74 Å². The molecule has 0 spiro atoms. The second kappa shape index (κ2) is 5.32. The maximum absolute atomic E-state index is 13.5. The van der Waals surface area contributed by atoms with E-state index in [0.717, 1.165) is 6.42 Å². The van der Waals surface area contributed by atoms with Gasteiger partial charge in [0.25, 0.3) is 0 Å². The van der Waals surface area contributed by atoms with Crippen molar-refractivity contribution in [2.24, 2.45) is 0 Å². The first-order valence-corrected chi connectivity index (χ1v) is 5.78. The minimum absolute atomic E-state index is 0.310. The molecule has 1 aromatic carbocycles. The van der Waals surface area contributed by atoms with Crippen LogP contribution in [0, 0.1) is 29.1 Å². The number of anilines is 1. The predicted molar refractivity (Wildman–Crippen MR) is 58.3 cm³/mol. The van der Waals surface area contributed by atoms with Gasteiger partial charge in [0, 0.05) is 7.11 Å². The van der Waals surface area contributed by atoms with E-state index in [1.807, 2.05) is 0 Å². The molecular formula is C12H12F5NO. The molecule has 1 aromatic rings. The summed E-state index contributed by atoms with van der Waals surface area (Å²) in [5, 5.41) is 2.37. The smallest absolute Gasteiger partial charge is 0.200 e. The number of ether oxygens (including phenoxy) is 1. The van der Waals surface area contributed by atoms with Crippen molar-refractivity contribution in [3.8, 4) is 0 Å². The highest BCUT2D eigenvalue weighted by atomic mass is 19.2. The molecule has 7 heteroatoms. The Hall–Kier alpha value is -1.37. The third-order valence-electron chi connectivity index (χ3n) is 3.29. The third kappa shape index (κ3) is 2.39. The van der Waals surface area contributed by atoms with Gasteiger partial charge in [-0.05, 0) is 19.3 Å². The van der Waals surface area contributed by atoms with Crippen LogP contribution in [0.5, 0.6) is 0 Å². The molecule has 1 aliphatic carbocycles. The van der Waals surface area contributed by atoms with Crippen molar-refractivity contribution in [3.05, 3.63) is 29.1 Å². The average molecular weight is 281 g/mol. The van der Waals surface area contributed by atoms with Crippen LogP contribution in [0.4, 0.5) is 27.6 Å². The molecule has 0 heterocycles. The highest BCUT2D eigenvalue weighted by Gasteiger charge is 2.32. The van der Waals surface area contributed by atoms with E-state index in [-0.39, 0.29) is 6.10 Å². The highest BCUT2D eigenvalue weighted by Crippen LogP contribution is 2.31. The van der Waals surface area contributed by atoms with Crippen molar-refractivity contribution in [2.75, 3.05) is 12.4 Å². The summed E-state index contributed by atoms with van der Waals surface area (Å²) in [6, 6.07) is -0.474. The molecule has 0 aromatic heterocycles. The van der Waals surface area contributed by atoms with Crippen molar-refractivity contribution >= 4 is 5.69 Å². The van der Waals surface area contributed by atoms with Crippen LogP contribution in [0.15, 0.2) is 0 Å². The normalized spacial score (nSPS) is 22.8. The standard InChI is InChI=1S/C12H12F5NO/c1-19-6-4-2-3-5(6)18-12-10(16)8(14)7(13)9(15)11(12)17/h5-6,18H,2-4H2,1H3. The molecule has 19 heavy (non-hydrogen) atoms. The Balaban J connectivity index is 2.35. The van der Waals surface area contributed by atoms with Crippen molar-refractivity contribution in [3.63, 3.8) is 0 Å². The van der Waals surface area contributed by atoms with Crippen LogP contribution in [0.2, 0.25) is 0 Å². The molecule has 2 nitrogen and oxygen atoms in total. The van der Waals surface area contributed by atoms with Gasteiger partial charge in [-0.2, -0.15) is 0 Å². The lowest BCUT2D eigenvalue weighted by atomic mass is 10.1. The first kappa shape index (κ1) is 14.0. The van der Waals surface area contributed by atoms with Gasteiger partial charge in [-0.1, -0.05) is 0 Å². The van der Waals surface area contributed by atoms with Gasteiger partial charge in [0.1, 0.15) is 5.69 Å². The zero-order valence-electron chi connectivity index (χ0n) is 10.1. The van der Waals surface area contributed by atoms with E-state index in [1.165, 1.54) is 7.11 Å². The summed E-state index contributed by atoms with van der Waals surface area (Å²) in [7, 11) is 1.43. The van der Waals surface area contributed by atoms with Gasteiger partial charge in [0.2, 0.25) is 5.82 Å². The van der Waals surface area contributed by atoms with Gasteiger partial charge >= 0.3 is 0 Å². The number of nitrogens with one attached hydrogen (secondary N) is 1. The lowest BCUT2D eigenvalue weighted by Gasteiger charge is -2.21. The second-order valence-electron chi connectivity index (χ2n) is 4.40.